The van der Waals surface area contributed by atoms with Crippen LogP contribution in [0.2, 0.25) is 0 Å². The number of imidazole rings is 1. The van der Waals surface area contributed by atoms with Gasteiger partial charge in [-0.15, -0.1) is 11.3 Å². The monoisotopic (exact) mass is 725 g/mol. The smallest absolute Gasteiger partial charge is 0.258 e. The van der Waals surface area contributed by atoms with Gasteiger partial charge in [-0.2, -0.15) is 0 Å². The Balaban J connectivity index is 1.22. The van der Waals surface area contributed by atoms with Crippen LogP contribution in [0.4, 0.5) is 20.2 Å². The molecule has 0 radical (unpaired) electrons. The summed E-state index contributed by atoms with van der Waals surface area (Å²) in [5.41, 5.74) is 2.85. The van der Waals surface area contributed by atoms with Crippen molar-refractivity contribution in [1.29, 1.82) is 0 Å². The summed E-state index contributed by atoms with van der Waals surface area (Å²) < 4.78 is 42.9. The standard InChI is InChI=1S/C32H26F2IN5O3S/c1-3-39-17-24(37-18-39)28-16-23-30(44-28)27(11-13-36-23)43-25-10-7-20(15-22(25)34)38-32(41)29-26(42-4-2)12-14-40(31(29)35)21-8-5-19(33)6-9-21/h5-18,31H,3-4H2,1-2H3,(H,38,41). The average Bonchev–Trinajstić information content (AvgIpc) is 3.67. The molecule has 44 heavy (non-hydrogen) atoms. The van der Waals surface area contributed by atoms with E-state index in [1.54, 1.807) is 49.1 Å². The molecule has 1 N–H and O–H groups in total. The molecular formula is C32H26F2IN5O3S. The van der Waals surface area contributed by atoms with Crippen LogP contribution in [0.1, 0.15) is 13.8 Å². The van der Waals surface area contributed by atoms with Gasteiger partial charge in [0.2, 0.25) is 0 Å². The maximum atomic E-state index is 15.3. The molecule has 8 nitrogen and oxygen atoms in total. The van der Waals surface area contributed by atoms with Crippen molar-refractivity contribution in [1.82, 2.24) is 14.5 Å². The van der Waals surface area contributed by atoms with Crippen molar-refractivity contribution in [3.63, 3.8) is 0 Å². The van der Waals surface area contributed by atoms with Gasteiger partial charge in [0.05, 0.1) is 39.3 Å². The number of aromatic nitrogens is 3. The molecular weight excluding hydrogens is 699 g/mol. The molecule has 1 atom stereocenters. The number of nitrogens with zero attached hydrogens (tertiary/aromatic N) is 4. The zero-order chi connectivity index (χ0) is 30.8. The van der Waals surface area contributed by atoms with Gasteiger partial charge >= 0.3 is 0 Å². The molecule has 1 aliphatic rings. The van der Waals surface area contributed by atoms with Crippen LogP contribution in [0.25, 0.3) is 20.8 Å². The highest BCUT2D eigenvalue weighted by molar-refractivity contribution is 14.1. The Morgan fingerprint density at radius 2 is 1.89 bits per heavy atom. The lowest BCUT2D eigenvalue weighted by Crippen LogP contribution is -2.36. The molecule has 1 amide bonds. The van der Waals surface area contributed by atoms with Crippen molar-refractivity contribution in [2.24, 2.45) is 0 Å². The maximum Gasteiger partial charge on any atom is 0.258 e. The van der Waals surface area contributed by atoms with Crippen LogP contribution in [0, 0.1) is 11.6 Å². The number of benzene rings is 2. The first-order valence-electron chi connectivity index (χ1n) is 13.8. The first-order valence-corrected chi connectivity index (χ1v) is 15.8. The minimum atomic E-state index is -0.646. The van der Waals surface area contributed by atoms with E-state index in [4.69, 9.17) is 9.47 Å². The van der Waals surface area contributed by atoms with Crippen molar-refractivity contribution in [2.75, 3.05) is 16.8 Å². The molecule has 3 aromatic heterocycles. The van der Waals surface area contributed by atoms with E-state index in [-0.39, 0.29) is 17.3 Å². The first-order chi connectivity index (χ1) is 21.3. The van der Waals surface area contributed by atoms with Gasteiger partial charge in [0, 0.05) is 48.6 Å². The number of rotatable bonds is 9. The number of thiophene rings is 1. The van der Waals surface area contributed by atoms with Crippen LogP contribution in [0.3, 0.4) is 0 Å². The fraction of sp³-hybridized carbons (Fsp3) is 0.156. The fourth-order valence-electron chi connectivity index (χ4n) is 4.66. The lowest BCUT2D eigenvalue weighted by atomic mass is 10.1. The molecule has 4 heterocycles. The number of amides is 1. The quantitative estimate of drug-likeness (QED) is 0.0937. The number of pyridine rings is 1. The van der Waals surface area contributed by atoms with Crippen LogP contribution in [0.5, 0.6) is 11.5 Å². The summed E-state index contributed by atoms with van der Waals surface area (Å²) in [5, 5.41) is 2.79. The van der Waals surface area contributed by atoms with Gasteiger partial charge in [-0.3, -0.25) is 9.78 Å². The lowest BCUT2D eigenvalue weighted by Gasteiger charge is -2.32. The summed E-state index contributed by atoms with van der Waals surface area (Å²) in [6.07, 6.45) is 8.83. The van der Waals surface area contributed by atoms with Gasteiger partial charge in [0.1, 0.15) is 21.4 Å². The topological polar surface area (TPSA) is 81.5 Å². The number of alkyl halides is 1. The molecule has 0 fully saturated rings. The van der Waals surface area contributed by atoms with Crippen molar-refractivity contribution in [2.45, 2.75) is 24.4 Å². The summed E-state index contributed by atoms with van der Waals surface area (Å²) in [4.78, 5) is 25.2. The molecule has 2 aromatic carbocycles. The second-order valence-electron chi connectivity index (χ2n) is 9.67. The number of nitrogens with one attached hydrogen (secondary N) is 1. The molecule has 0 bridgehead atoms. The molecule has 6 rings (SSSR count). The van der Waals surface area contributed by atoms with Crippen LogP contribution >= 0.6 is 33.9 Å². The Labute approximate surface area is 269 Å². The Morgan fingerprint density at radius 3 is 2.61 bits per heavy atom. The summed E-state index contributed by atoms with van der Waals surface area (Å²) >= 11 is 3.59. The fourth-order valence-corrected chi connectivity index (χ4v) is 6.79. The van der Waals surface area contributed by atoms with E-state index in [0.29, 0.717) is 29.4 Å². The summed E-state index contributed by atoms with van der Waals surface area (Å²) in [7, 11) is 0. The van der Waals surface area contributed by atoms with Crippen LogP contribution in [-0.4, -0.2) is 31.1 Å². The minimum absolute atomic E-state index is 0.00443. The third-order valence-corrected chi connectivity index (χ3v) is 9.22. The number of hydrogen-bond acceptors (Lipinski definition) is 7. The Morgan fingerprint density at radius 1 is 1.07 bits per heavy atom. The van der Waals surface area contributed by atoms with Crippen LogP contribution in [-0.2, 0) is 16.1 Å². The van der Waals surface area contributed by atoms with Crippen molar-refractivity contribution < 1.29 is 23.0 Å². The predicted octanol–water partition coefficient (Wildman–Crippen LogP) is 8.27. The van der Waals surface area contributed by atoms with E-state index in [1.165, 1.54) is 35.6 Å². The highest BCUT2D eigenvalue weighted by atomic mass is 127. The Bertz CT molecular complexity index is 1900. The molecule has 0 aliphatic carbocycles. The number of aryl methyl sites for hydroxylation is 1. The van der Waals surface area contributed by atoms with E-state index in [0.717, 1.165) is 27.3 Å². The number of allylic oxidation sites excluding steroid dienone is 1. The van der Waals surface area contributed by atoms with Gasteiger partial charge in [-0.1, -0.05) is 22.6 Å². The highest BCUT2D eigenvalue weighted by Gasteiger charge is 2.31. The number of carbonyl (C=O) groups is 1. The van der Waals surface area contributed by atoms with E-state index in [2.05, 4.69) is 37.9 Å². The number of halogens is 3. The SMILES string of the molecule is CCOC1=C(C(=O)Nc2ccc(Oc3ccnc4cc(-c5cn(CC)cn5)sc34)c(F)c2)C(I)N(c2ccc(F)cc2)C=C1. The Hall–Kier alpha value is -4.30. The second kappa shape index (κ2) is 12.7. The van der Waals surface area contributed by atoms with E-state index in [9.17, 15) is 9.18 Å². The van der Waals surface area contributed by atoms with Gasteiger partial charge in [-0.25, -0.2) is 13.8 Å². The zero-order valence-electron chi connectivity index (χ0n) is 23.6. The summed E-state index contributed by atoms with van der Waals surface area (Å²) in [6.45, 7) is 5.04. The molecule has 0 saturated heterocycles. The van der Waals surface area contributed by atoms with E-state index in [1.807, 2.05) is 35.6 Å². The number of fused-ring (bicyclic) bond motifs is 1. The summed E-state index contributed by atoms with van der Waals surface area (Å²) in [5.74, 6) is -0.582. The van der Waals surface area contributed by atoms with E-state index < -0.39 is 15.8 Å². The summed E-state index contributed by atoms with van der Waals surface area (Å²) in [6, 6.07) is 13.9. The minimum Gasteiger partial charge on any atom is -0.493 e. The largest absolute Gasteiger partial charge is 0.493 e. The number of carbonyl (C=O) groups excluding carboxylic acids is 1. The number of ether oxygens (including phenoxy) is 2. The first kappa shape index (κ1) is 29.8. The lowest BCUT2D eigenvalue weighted by molar-refractivity contribution is -0.113. The van der Waals surface area contributed by atoms with Crippen molar-refractivity contribution in [3.05, 3.63) is 109 Å². The van der Waals surface area contributed by atoms with Crippen LogP contribution in [0.15, 0.2) is 96.9 Å². The molecule has 12 heteroatoms. The molecule has 1 aliphatic heterocycles. The van der Waals surface area contributed by atoms with E-state index >= 15 is 4.39 Å². The Kier molecular flexibility index (Phi) is 8.62. The third kappa shape index (κ3) is 6.04. The van der Waals surface area contributed by atoms with Gasteiger partial charge in [0.25, 0.3) is 5.91 Å². The van der Waals surface area contributed by atoms with Gasteiger partial charge in [-0.05, 0) is 62.4 Å². The molecule has 1 unspecified atom stereocenters. The third-order valence-electron chi connectivity index (χ3n) is 6.84. The molecule has 5 aromatic rings. The maximum absolute atomic E-state index is 15.3. The van der Waals surface area contributed by atoms with Gasteiger partial charge in [0.15, 0.2) is 11.6 Å². The number of anilines is 2. The average molecular weight is 726 g/mol. The second-order valence-corrected chi connectivity index (χ2v) is 11.9. The highest BCUT2D eigenvalue weighted by Crippen LogP contribution is 2.39. The van der Waals surface area contributed by atoms with Crippen LogP contribution < -0.4 is 15.0 Å². The van der Waals surface area contributed by atoms with Gasteiger partial charge < -0.3 is 24.3 Å². The molecule has 0 saturated carbocycles. The normalized spacial score (nSPS) is 14.8. The molecule has 0 spiro atoms. The number of hydrogen-bond donors (Lipinski definition) is 1. The molecule has 224 valence electrons. The van der Waals surface area contributed by atoms with Crippen molar-refractivity contribution >= 4 is 61.4 Å². The predicted molar refractivity (Wildman–Crippen MR) is 176 cm³/mol. The zero-order valence-corrected chi connectivity index (χ0v) is 26.6. The van der Waals surface area contributed by atoms with Crippen molar-refractivity contribution in [3.8, 4) is 22.1 Å².